The van der Waals surface area contributed by atoms with Crippen LogP contribution in [0.25, 0.3) is 0 Å². The van der Waals surface area contributed by atoms with Crippen molar-refractivity contribution in [3.8, 4) is 0 Å². The van der Waals surface area contributed by atoms with Crippen molar-refractivity contribution < 1.29 is 9.53 Å². The third-order valence-electron chi connectivity index (χ3n) is 1.74. The predicted octanol–water partition coefficient (Wildman–Crippen LogP) is 0.427. The van der Waals surface area contributed by atoms with E-state index in [4.69, 9.17) is 10.5 Å². The summed E-state index contributed by atoms with van der Waals surface area (Å²) in [4.78, 5) is 14.8. The van der Waals surface area contributed by atoms with Gasteiger partial charge in [0, 0.05) is 19.2 Å². The van der Waals surface area contributed by atoms with Crippen molar-refractivity contribution in [1.29, 1.82) is 0 Å². The molecule has 1 radical (unpaired) electrons. The molecule has 0 saturated heterocycles. The van der Waals surface area contributed by atoms with Gasteiger partial charge in [0.1, 0.15) is 11.5 Å². The molecule has 81 valence electrons. The summed E-state index contributed by atoms with van der Waals surface area (Å²) >= 11 is 0. The molecule has 1 aromatic heterocycles. The van der Waals surface area contributed by atoms with E-state index < -0.39 is 5.91 Å². The number of primary amides is 1. The Kier molecular flexibility index (Phi) is 4.05. The van der Waals surface area contributed by atoms with Gasteiger partial charge in [0.05, 0.1) is 6.61 Å². The van der Waals surface area contributed by atoms with E-state index in [-0.39, 0.29) is 11.7 Å². The Hall–Kier alpha value is -1.62. The molecule has 0 aromatic carbocycles. The third-order valence-corrected chi connectivity index (χ3v) is 1.74. The van der Waals surface area contributed by atoms with Crippen molar-refractivity contribution in [3.63, 3.8) is 0 Å². The number of hydrogen-bond acceptors (Lipinski definition) is 4. The first-order chi connectivity index (χ1) is 7.13. The molecule has 0 fully saturated rings. The predicted molar refractivity (Wildman–Crippen MR) is 56.6 cm³/mol. The number of nitrogens with one attached hydrogen (secondary N) is 1. The standard InChI is InChI=1S/C10H14N3O2/c1-7(6-15-2)12-9-5-3-4-8(13-9)10(11)14/h3,5,7H,6H2,1-2H3,(H2,11,14)(H,12,13). The Morgan fingerprint density at radius 3 is 3.13 bits per heavy atom. The van der Waals surface area contributed by atoms with E-state index in [0.717, 1.165) is 0 Å². The Morgan fingerprint density at radius 2 is 2.53 bits per heavy atom. The largest absolute Gasteiger partial charge is 0.383 e. The zero-order valence-corrected chi connectivity index (χ0v) is 8.78. The summed E-state index contributed by atoms with van der Waals surface area (Å²) in [5, 5.41) is 3.07. The minimum absolute atomic E-state index is 0.116. The summed E-state index contributed by atoms with van der Waals surface area (Å²) in [5.74, 6) is 0.00476. The Balaban J connectivity index is 2.69. The molecule has 1 rings (SSSR count). The summed E-state index contributed by atoms with van der Waals surface area (Å²) in [5.41, 5.74) is 5.22. The number of methoxy groups -OCH3 is 1. The second-order valence-electron chi connectivity index (χ2n) is 3.19. The van der Waals surface area contributed by atoms with E-state index in [1.165, 1.54) is 0 Å². The zero-order chi connectivity index (χ0) is 11.3. The zero-order valence-electron chi connectivity index (χ0n) is 8.78. The summed E-state index contributed by atoms with van der Waals surface area (Å²) in [6, 6.07) is 6.10. The SMILES string of the molecule is COCC(C)Nc1cc[c]c(C(N)=O)n1. The Bertz CT molecular complexity index is 341. The average molecular weight is 208 g/mol. The lowest BCUT2D eigenvalue weighted by molar-refractivity contribution is 0.0995. The van der Waals surface area contributed by atoms with Gasteiger partial charge in [-0.05, 0) is 19.1 Å². The number of aromatic nitrogens is 1. The second-order valence-corrected chi connectivity index (χ2v) is 3.19. The van der Waals surface area contributed by atoms with Crippen LogP contribution in [0, 0.1) is 6.07 Å². The smallest absolute Gasteiger partial charge is 0.268 e. The lowest BCUT2D eigenvalue weighted by Gasteiger charge is -2.13. The quantitative estimate of drug-likeness (QED) is 0.735. The van der Waals surface area contributed by atoms with Crippen molar-refractivity contribution in [1.82, 2.24) is 4.98 Å². The van der Waals surface area contributed by atoms with E-state index in [1.54, 1.807) is 19.2 Å². The van der Waals surface area contributed by atoms with Crippen LogP contribution in [-0.2, 0) is 4.74 Å². The minimum Gasteiger partial charge on any atom is -0.383 e. The number of anilines is 1. The third kappa shape index (κ3) is 3.55. The molecule has 1 heterocycles. The van der Waals surface area contributed by atoms with E-state index in [1.807, 2.05) is 6.92 Å². The molecule has 0 saturated carbocycles. The Morgan fingerprint density at radius 1 is 1.80 bits per heavy atom. The van der Waals surface area contributed by atoms with Gasteiger partial charge in [-0.3, -0.25) is 4.79 Å². The second kappa shape index (κ2) is 5.31. The fourth-order valence-corrected chi connectivity index (χ4v) is 1.14. The highest BCUT2D eigenvalue weighted by Gasteiger charge is 2.05. The van der Waals surface area contributed by atoms with Crippen molar-refractivity contribution in [2.45, 2.75) is 13.0 Å². The van der Waals surface area contributed by atoms with E-state index in [9.17, 15) is 4.79 Å². The number of nitrogens with two attached hydrogens (primary N) is 1. The number of hydrogen-bond donors (Lipinski definition) is 2. The average Bonchev–Trinajstić information content (AvgIpc) is 2.18. The van der Waals surface area contributed by atoms with Crippen LogP contribution >= 0.6 is 0 Å². The summed E-state index contributed by atoms with van der Waals surface area (Å²) in [6.45, 7) is 2.51. The molecule has 0 aliphatic heterocycles. The highest BCUT2D eigenvalue weighted by Crippen LogP contribution is 2.05. The number of rotatable bonds is 5. The van der Waals surface area contributed by atoms with E-state index in [0.29, 0.717) is 12.4 Å². The van der Waals surface area contributed by atoms with Crippen molar-refractivity contribution in [2.75, 3.05) is 19.0 Å². The molecule has 0 aliphatic rings. The number of ether oxygens (including phenoxy) is 1. The van der Waals surface area contributed by atoms with Crippen LogP contribution in [0.1, 0.15) is 17.4 Å². The molecule has 5 nitrogen and oxygen atoms in total. The molecule has 1 atom stereocenters. The van der Waals surface area contributed by atoms with E-state index in [2.05, 4.69) is 16.4 Å². The topological polar surface area (TPSA) is 77.2 Å². The molecule has 1 aromatic rings. The first-order valence-electron chi connectivity index (χ1n) is 4.57. The molecule has 1 amide bonds. The van der Waals surface area contributed by atoms with Gasteiger partial charge in [0.15, 0.2) is 0 Å². The van der Waals surface area contributed by atoms with Gasteiger partial charge in [-0.15, -0.1) is 0 Å². The van der Waals surface area contributed by atoms with Crippen LogP contribution in [0.4, 0.5) is 5.82 Å². The molecular weight excluding hydrogens is 194 g/mol. The molecule has 0 aliphatic carbocycles. The van der Waals surface area contributed by atoms with Gasteiger partial charge in [-0.1, -0.05) is 0 Å². The number of carbonyl (C=O) groups is 1. The van der Waals surface area contributed by atoms with Gasteiger partial charge in [0.25, 0.3) is 5.91 Å². The lowest BCUT2D eigenvalue weighted by Crippen LogP contribution is -2.22. The van der Waals surface area contributed by atoms with Gasteiger partial charge in [0.2, 0.25) is 0 Å². The molecule has 15 heavy (non-hydrogen) atoms. The number of carbonyl (C=O) groups excluding carboxylic acids is 1. The van der Waals surface area contributed by atoms with Crippen molar-refractivity contribution >= 4 is 11.7 Å². The highest BCUT2D eigenvalue weighted by atomic mass is 16.5. The first kappa shape index (κ1) is 11.5. The van der Waals surface area contributed by atoms with Gasteiger partial charge >= 0.3 is 0 Å². The van der Waals surface area contributed by atoms with Crippen LogP contribution < -0.4 is 11.1 Å². The van der Waals surface area contributed by atoms with Crippen LogP contribution in [0.5, 0.6) is 0 Å². The number of amides is 1. The van der Waals surface area contributed by atoms with Gasteiger partial charge < -0.3 is 15.8 Å². The molecule has 1 unspecified atom stereocenters. The highest BCUT2D eigenvalue weighted by molar-refractivity contribution is 5.90. The summed E-state index contributed by atoms with van der Waals surface area (Å²) in [6.07, 6.45) is 0. The molecule has 0 bridgehead atoms. The maximum atomic E-state index is 10.8. The monoisotopic (exact) mass is 208 g/mol. The molecular formula is C10H14N3O2. The van der Waals surface area contributed by atoms with Crippen LogP contribution in [0.2, 0.25) is 0 Å². The molecule has 0 spiro atoms. The maximum Gasteiger partial charge on any atom is 0.268 e. The molecule has 5 heteroatoms. The van der Waals surface area contributed by atoms with Gasteiger partial charge in [-0.2, -0.15) is 0 Å². The lowest BCUT2D eigenvalue weighted by atomic mass is 10.3. The normalized spacial score (nSPS) is 12.1. The minimum atomic E-state index is -0.585. The van der Waals surface area contributed by atoms with Crippen molar-refractivity contribution in [3.05, 3.63) is 23.9 Å². The number of nitrogens with zero attached hydrogens (tertiary/aromatic N) is 1. The van der Waals surface area contributed by atoms with Gasteiger partial charge in [-0.25, -0.2) is 4.98 Å². The number of pyridine rings is 1. The van der Waals surface area contributed by atoms with Crippen molar-refractivity contribution in [2.24, 2.45) is 5.73 Å². The summed E-state index contributed by atoms with van der Waals surface area (Å²) < 4.78 is 4.96. The van der Waals surface area contributed by atoms with Crippen LogP contribution in [-0.4, -0.2) is 30.6 Å². The Labute approximate surface area is 88.6 Å². The fraction of sp³-hybridized carbons (Fsp3) is 0.400. The van der Waals surface area contributed by atoms with Crippen LogP contribution in [0.15, 0.2) is 12.1 Å². The van der Waals surface area contributed by atoms with Crippen LogP contribution in [0.3, 0.4) is 0 Å². The first-order valence-corrected chi connectivity index (χ1v) is 4.57. The summed E-state index contributed by atoms with van der Waals surface area (Å²) in [7, 11) is 1.62. The fourth-order valence-electron chi connectivity index (χ4n) is 1.14. The molecule has 3 N–H and O–H groups in total. The maximum absolute atomic E-state index is 10.8. The van der Waals surface area contributed by atoms with E-state index >= 15 is 0 Å².